The van der Waals surface area contributed by atoms with E-state index in [0.717, 1.165) is 18.9 Å². The number of sulfonamides is 1. The summed E-state index contributed by atoms with van der Waals surface area (Å²) >= 11 is 0. The number of benzene rings is 1. The van der Waals surface area contributed by atoms with Crippen LogP contribution in [0, 0.1) is 16.0 Å². The first-order valence-electron chi connectivity index (χ1n) is 6.07. The van der Waals surface area contributed by atoms with Crippen LogP contribution in [0.15, 0.2) is 23.1 Å². The zero-order valence-corrected chi connectivity index (χ0v) is 11.8. The summed E-state index contributed by atoms with van der Waals surface area (Å²) in [7, 11) is -2.23. The Morgan fingerprint density at radius 2 is 2.15 bits per heavy atom. The Balaban J connectivity index is 2.35. The summed E-state index contributed by atoms with van der Waals surface area (Å²) in [5, 5.41) is 10.9. The Labute approximate surface area is 116 Å². The maximum Gasteiger partial charge on any atom is 0.294 e. The van der Waals surface area contributed by atoms with Gasteiger partial charge in [-0.25, -0.2) is 12.7 Å². The van der Waals surface area contributed by atoms with Crippen LogP contribution in [0.1, 0.15) is 12.8 Å². The van der Waals surface area contributed by atoms with E-state index in [2.05, 4.69) is 5.43 Å². The lowest BCUT2D eigenvalue weighted by Gasteiger charge is -2.17. The summed E-state index contributed by atoms with van der Waals surface area (Å²) in [6.45, 7) is 0.438. The predicted molar refractivity (Wildman–Crippen MR) is 73.4 cm³/mol. The van der Waals surface area contributed by atoms with Crippen LogP contribution in [-0.2, 0) is 10.0 Å². The zero-order chi connectivity index (χ0) is 14.9. The van der Waals surface area contributed by atoms with Crippen molar-refractivity contribution in [1.29, 1.82) is 0 Å². The first kappa shape index (κ1) is 14.7. The summed E-state index contributed by atoms with van der Waals surface area (Å²) in [4.78, 5) is 10.1. The second kappa shape index (κ2) is 5.35. The number of nitrogens with two attached hydrogens (primary N) is 1. The molecule has 1 saturated carbocycles. The number of nitrogens with one attached hydrogen (secondary N) is 1. The van der Waals surface area contributed by atoms with E-state index in [0.29, 0.717) is 12.5 Å². The molecule has 0 heterocycles. The lowest BCUT2D eigenvalue weighted by molar-refractivity contribution is -0.384. The first-order chi connectivity index (χ1) is 9.36. The van der Waals surface area contributed by atoms with Gasteiger partial charge in [-0.2, -0.15) is 0 Å². The van der Waals surface area contributed by atoms with Gasteiger partial charge < -0.3 is 5.43 Å². The molecule has 8 nitrogen and oxygen atoms in total. The molecule has 110 valence electrons. The maximum absolute atomic E-state index is 12.3. The van der Waals surface area contributed by atoms with E-state index in [-0.39, 0.29) is 16.3 Å². The standard InChI is InChI=1S/C11H16N4O4S/c1-14(7-8-2-3-8)20(18,19)9-4-5-10(13-12)11(6-9)15(16)17/h4-6,8,13H,2-3,7,12H2,1H3. The third-order valence-corrected chi connectivity index (χ3v) is 5.06. The molecule has 1 aromatic carbocycles. The van der Waals surface area contributed by atoms with Crippen molar-refractivity contribution in [1.82, 2.24) is 4.31 Å². The van der Waals surface area contributed by atoms with Gasteiger partial charge in [-0.05, 0) is 30.9 Å². The van der Waals surface area contributed by atoms with Crippen LogP contribution in [0.5, 0.6) is 0 Å². The Kier molecular flexibility index (Phi) is 3.93. The molecular weight excluding hydrogens is 284 g/mol. The smallest absolute Gasteiger partial charge is 0.294 e. The summed E-state index contributed by atoms with van der Waals surface area (Å²) in [5.74, 6) is 5.57. The normalized spacial score (nSPS) is 15.3. The highest BCUT2D eigenvalue weighted by Gasteiger charge is 2.30. The number of nitrogens with zero attached hydrogens (tertiary/aromatic N) is 2. The van der Waals surface area contributed by atoms with Crippen molar-refractivity contribution < 1.29 is 13.3 Å². The largest absolute Gasteiger partial charge is 0.318 e. The van der Waals surface area contributed by atoms with Crippen molar-refractivity contribution in [2.75, 3.05) is 19.0 Å². The number of hydrazine groups is 1. The number of hydrogen-bond donors (Lipinski definition) is 2. The third-order valence-electron chi connectivity index (χ3n) is 3.24. The maximum atomic E-state index is 12.3. The summed E-state index contributed by atoms with van der Waals surface area (Å²) < 4.78 is 25.9. The van der Waals surface area contributed by atoms with Gasteiger partial charge in [0.1, 0.15) is 5.69 Å². The highest BCUT2D eigenvalue weighted by molar-refractivity contribution is 7.89. The minimum atomic E-state index is -3.71. The van der Waals surface area contributed by atoms with Gasteiger partial charge in [0, 0.05) is 19.7 Å². The number of rotatable bonds is 6. The lowest BCUT2D eigenvalue weighted by atomic mass is 10.3. The van der Waals surface area contributed by atoms with Gasteiger partial charge >= 0.3 is 0 Å². The molecule has 0 unspecified atom stereocenters. The molecule has 0 radical (unpaired) electrons. The molecular formula is C11H16N4O4S. The average molecular weight is 300 g/mol. The van der Waals surface area contributed by atoms with Crippen LogP contribution in [0.3, 0.4) is 0 Å². The molecule has 0 bridgehead atoms. The number of hydrogen-bond acceptors (Lipinski definition) is 6. The summed E-state index contributed by atoms with van der Waals surface area (Å²) in [5.41, 5.74) is 1.88. The van der Waals surface area contributed by atoms with Crippen molar-refractivity contribution in [3.63, 3.8) is 0 Å². The molecule has 0 spiro atoms. The summed E-state index contributed by atoms with van der Waals surface area (Å²) in [6, 6.07) is 3.62. The molecule has 9 heteroatoms. The minimum Gasteiger partial charge on any atom is -0.318 e. The highest BCUT2D eigenvalue weighted by Crippen LogP contribution is 2.32. The average Bonchev–Trinajstić information content (AvgIpc) is 3.21. The van der Waals surface area contributed by atoms with Crippen molar-refractivity contribution >= 4 is 21.4 Å². The van der Waals surface area contributed by atoms with Gasteiger partial charge in [-0.1, -0.05) is 0 Å². The number of nitro benzene ring substituents is 1. The Bertz CT molecular complexity index is 627. The second-order valence-electron chi connectivity index (χ2n) is 4.81. The minimum absolute atomic E-state index is 0.0683. The van der Waals surface area contributed by atoms with E-state index in [1.165, 1.54) is 23.5 Å². The Hall–Kier alpha value is -1.71. The van der Waals surface area contributed by atoms with E-state index >= 15 is 0 Å². The monoisotopic (exact) mass is 300 g/mol. The van der Waals surface area contributed by atoms with Gasteiger partial charge in [-0.3, -0.25) is 16.0 Å². The summed E-state index contributed by atoms with van der Waals surface area (Å²) in [6.07, 6.45) is 2.05. The molecule has 1 aliphatic carbocycles. The van der Waals surface area contributed by atoms with Crippen LogP contribution in [0.25, 0.3) is 0 Å². The molecule has 0 atom stereocenters. The predicted octanol–water partition coefficient (Wildman–Crippen LogP) is 0.911. The zero-order valence-electron chi connectivity index (χ0n) is 10.9. The molecule has 20 heavy (non-hydrogen) atoms. The quantitative estimate of drug-likeness (QED) is 0.458. The molecule has 2 rings (SSSR count). The van der Waals surface area contributed by atoms with E-state index in [1.807, 2.05) is 0 Å². The molecule has 0 aromatic heterocycles. The van der Waals surface area contributed by atoms with Gasteiger partial charge in [0.2, 0.25) is 10.0 Å². The van der Waals surface area contributed by atoms with Crippen molar-refractivity contribution in [3.8, 4) is 0 Å². The van der Waals surface area contributed by atoms with Crippen LogP contribution in [-0.4, -0.2) is 31.2 Å². The van der Waals surface area contributed by atoms with E-state index < -0.39 is 14.9 Å². The van der Waals surface area contributed by atoms with E-state index in [4.69, 9.17) is 5.84 Å². The highest BCUT2D eigenvalue weighted by atomic mass is 32.2. The van der Waals surface area contributed by atoms with Crippen molar-refractivity contribution in [2.24, 2.45) is 11.8 Å². The number of nitro groups is 1. The third kappa shape index (κ3) is 2.89. The van der Waals surface area contributed by atoms with Gasteiger partial charge in [0.05, 0.1) is 9.82 Å². The molecule has 1 aromatic rings. The van der Waals surface area contributed by atoms with Crippen molar-refractivity contribution in [2.45, 2.75) is 17.7 Å². The van der Waals surface area contributed by atoms with E-state index in [9.17, 15) is 18.5 Å². The van der Waals surface area contributed by atoms with E-state index in [1.54, 1.807) is 0 Å². The van der Waals surface area contributed by atoms with Crippen molar-refractivity contribution in [3.05, 3.63) is 28.3 Å². The van der Waals surface area contributed by atoms with Crippen LogP contribution in [0.4, 0.5) is 11.4 Å². The first-order valence-corrected chi connectivity index (χ1v) is 7.51. The van der Waals surface area contributed by atoms with Crippen LogP contribution in [0.2, 0.25) is 0 Å². The lowest BCUT2D eigenvalue weighted by Crippen LogP contribution is -2.29. The SMILES string of the molecule is CN(CC1CC1)S(=O)(=O)c1ccc(NN)c([N+](=O)[O-])c1. The molecule has 0 saturated heterocycles. The molecule has 0 aliphatic heterocycles. The number of nitrogen functional groups attached to an aromatic ring is 1. The fourth-order valence-electron chi connectivity index (χ4n) is 1.89. The van der Waals surface area contributed by atoms with Gasteiger partial charge in [-0.15, -0.1) is 0 Å². The molecule has 1 fully saturated rings. The fourth-order valence-corrected chi connectivity index (χ4v) is 3.15. The fraction of sp³-hybridized carbons (Fsp3) is 0.455. The molecule has 0 amide bonds. The molecule has 1 aliphatic rings. The second-order valence-corrected chi connectivity index (χ2v) is 6.85. The number of anilines is 1. The van der Waals surface area contributed by atoms with Crippen LogP contribution < -0.4 is 11.3 Å². The Morgan fingerprint density at radius 1 is 1.50 bits per heavy atom. The van der Waals surface area contributed by atoms with Gasteiger partial charge in [0.25, 0.3) is 5.69 Å². The van der Waals surface area contributed by atoms with Crippen LogP contribution >= 0.6 is 0 Å². The van der Waals surface area contributed by atoms with Gasteiger partial charge in [0.15, 0.2) is 0 Å². The Morgan fingerprint density at radius 3 is 2.65 bits per heavy atom. The molecule has 3 N–H and O–H groups in total. The topological polar surface area (TPSA) is 119 Å².